The minimum atomic E-state index is -0.342. The van der Waals surface area contributed by atoms with E-state index in [2.05, 4.69) is 10.2 Å². The van der Waals surface area contributed by atoms with Crippen LogP contribution in [0.25, 0.3) is 0 Å². The molecular formula is C17H21N3O4. The Morgan fingerprint density at radius 2 is 2.17 bits per heavy atom. The topological polar surface area (TPSA) is 77.7 Å². The second-order valence-electron chi connectivity index (χ2n) is 5.63. The largest absolute Gasteiger partial charge is 0.423 e. The first kappa shape index (κ1) is 16.6. The molecular weight excluding hydrogens is 310 g/mol. The predicted molar refractivity (Wildman–Crippen MR) is 85.3 cm³/mol. The Kier molecular flexibility index (Phi) is 5.55. The third-order valence-corrected chi connectivity index (χ3v) is 3.88. The van der Waals surface area contributed by atoms with Gasteiger partial charge in [0.25, 0.3) is 0 Å². The summed E-state index contributed by atoms with van der Waals surface area (Å²) in [6.45, 7) is 3.61. The van der Waals surface area contributed by atoms with Crippen LogP contribution < -0.4 is 0 Å². The number of nitrogens with zero attached hydrogens (tertiary/aromatic N) is 3. The Morgan fingerprint density at radius 3 is 2.92 bits per heavy atom. The maximum absolute atomic E-state index is 12.5. The van der Waals surface area contributed by atoms with Crippen LogP contribution in [0.4, 0.5) is 0 Å². The Hall–Kier alpha value is -2.25. The maximum atomic E-state index is 12.5. The van der Waals surface area contributed by atoms with Crippen molar-refractivity contribution in [1.82, 2.24) is 15.1 Å². The van der Waals surface area contributed by atoms with Crippen molar-refractivity contribution in [2.45, 2.75) is 19.4 Å². The second-order valence-corrected chi connectivity index (χ2v) is 5.63. The zero-order chi connectivity index (χ0) is 16.8. The molecule has 1 aromatic carbocycles. The van der Waals surface area contributed by atoms with Gasteiger partial charge in [-0.25, -0.2) is 0 Å². The molecule has 0 bridgehead atoms. The quantitative estimate of drug-likeness (QED) is 0.747. The van der Waals surface area contributed by atoms with Crippen molar-refractivity contribution in [3.8, 4) is 0 Å². The molecule has 0 N–H and O–H groups in total. The number of morpholine rings is 1. The molecule has 1 fully saturated rings. The first-order chi connectivity index (χ1) is 11.7. The molecule has 128 valence electrons. The van der Waals surface area contributed by atoms with E-state index in [1.54, 1.807) is 11.8 Å². The van der Waals surface area contributed by atoms with Gasteiger partial charge in [-0.05, 0) is 12.0 Å². The molecule has 1 aliphatic rings. The van der Waals surface area contributed by atoms with E-state index in [0.29, 0.717) is 38.1 Å². The minimum absolute atomic E-state index is 0.0381. The first-order valence-corrected chi connectivity index (χ1v) is 8.03. The van der Waals surface area contributed by atoms with Crippen LogP contribution in [0.2, 0.25) is 0 Å². The van der Waals surface area contributed by atoms with Crippen LogP contribution in [-0.4, -0.2) is 54.0 Å². The summed E-state index contributed by atoms with van der Waals surface area (Å²) in [4.78, 5) is 14.1. The van der Waals surface area contributed by atoms with E-state index in [-0.39, 0.29) is 18.6 Å². The molecule has 1 aliphatic heterocycles. The van der Waals surface area contributed by atoms with Crippen LogP contribution in [0.1, 0.15) is 23.4 Å². The van der Waals surface area contributed by atoms with Crippen molar-refractivity contribution in [3.63, 3.8) is 0 Å². The molecule has 1 atom stereocenters. The minimum Gasteiger partial charge on any atom is -0.423 e. The van der Waals surface area contributed by atoms with E-state index in [0.717, 1.165) is 6.42 Å². The molecule has 0 aliphatic carbocycles. The molecule has 0 radical (unpaired) electrons. The van der Waals surface area contributed by atoms with Gasteiger partial charge in [0, 0.05) is 13.5 Å². The lowest BCUT2D eigenvalue weighted by molar-refractivity contribution is -0.146. The van der Waals surface area contributed by atoms with Crippen molar-refractivity contribution >= 4 is 5.91 Å². The molecule has 0 spiro atoms. The van der Waals surface area contributed by atoms with Crippen LogP contribution in [0, 0.1) is 6.92 Å². The van der Waals surface area contributed by atoms with E-state index >= 15 is 0 Å². The van der Waals surface area contributed by atoms with E-state index in [9.17, 15) is 4.79 Å². The number of rotatable bonds is 6. The third kappa shape index (κ3) is 4.18. The van der Waals surface area contributed by atoms with Crippen molar-refractivity contribution in [1.29, 1.82) is 0 Å². The van der Waals surface area contributed by atoms with Crippen LogP contribution in [-0.2, 0) is 20.7 Å². The van der Waals surface area contributed by atoms with Gasteiger partial charge in [-0.15, -0.1) is 10.2 Å². The maximum Gasteiger partial charge on any atom is 0.249 e. The Bertz CT molecular complexity index is 659. The van der Waals surface area contributed by atoms with Crippen molar-refractivity contribution in [3.05, 3.63) is 47.7 Å². The fourth-order valence-corrected chi connectivity index (χ4v) is 2.63. The van der Waals surface area contributed by atoms with Gasteiger partial charge in [-0.3, -0.25) is 4.79 Å². The SMILES string of the molecule is Cc1nnc([C@H]2COCCN2C(=O)COCCc2ccccc2)o1. The Labute approximate surface area is 140 Å². The molecule has 2 heterocycles. The van der Waals surface area contributed by atoms with Crippen LogP contribution >= 0.6 is 0 Å². The lowest BCUT2D eigenvalue weighted by atomic mass is 10.2. The van der Waals surface area contributed by atoms with Gasteiger partial charge in [-0.2, -0.15) is 0 Å². The molecule has 0 unspecified atom stereocenters. The summed E-state index contributed by atoms with van der Waals surface area (Å²) in [7, 11) is 0. The Morgan fingerprint density at radius 1 is 1.33 bits per heavy atom. The number of hydrogen-bond donors (Lipinski definition) is 0. The number of ether oxygens (including phenoxy) is 2. The first-order valence-electron chi connectivity index (χ1n) is 8.03. The summed E-state index contributed by atoms with van der Waals surface area (Å²) < 4.78 is 16.4. The van der Waals surface area contributed by atoms with Gasteiger partial charge < -0.3 is 18.8 Å². The second kappa shape index (κ2) is 8.03. The summed E-state index contributed by atoms with van der Waals surface area (Å²) in [5.41, 5.74) is 1.19. The van der Waals surface area contributed by atoms with Crippen LogP contribution in [0.3, 0.4) is 0 Å². The normalized spacial score (nSPS) is 17.9. The van der Waals surface area contributed by atoms with Crippen LogP contribution in [0.15, 0.2) is 34.7 Å². The zero-order valence-electron chi connectivity index (χ0n) is 13.7. The summed E-state index contributed by atoms with van der Waals surface area (Å²) in [6.07, 6.45) is 0.781. The third-order valence-electron chi connectivity index (χ3n) is 3.88. The fraction of sp³-hybridized carbons (Fsp3) is 0.471. The van der Waals surface area contributed by atoms with E-state index < -0.39 is 0 Å². The summed E-state index contributed by atoms with van der Waals surface area (Å²) in [6, 6.07) is 9.70. The van der Waals surface area contributed by atoms with Gasteiger partial charge in [0.1, 0.15) is 12.6 Å². The fourth-order valence-electron chi connectivity index (χ4n) is 2.63. The van der Waals surface area contributed by atoms with E-state index in [1.165, 1.54) is 5.56 Å². The molecule has 3 rings (SSSR count). The molecule has 1 aromatic heterocycles. The van der Waals surface area contributed by atoms with Gasteiger partial charge in [0.05, 0.1) is 19.8 Å². The van der Waals surface area contributed by atoms with Gasteiger partial charge in [0.2, 0.25) is 17.7 Å². The van der Waals surface area contributed by atoms with Gasteiger partial charge in [0.15, 0.2) is 0 Å². The number of hydrogen-bond acceptors (Lipinski definition) is 6. The zero-order valence-corrected chi connectivity index (χ0v) is 13.7. The van der Waals surface area contributed by atoms with Crippen molar-refractivity contribution < 1.29 is 18.7 Å². The highest BCUT2D eigenvalue weighted by Crippen LogP contribution is 2.23. The summed E-state index contributed by atoms with van der Waals surface area (Å²) in [5, 5.41) is 7.83. The number of benzene rings is 1. The molecule has 2 aromatic rings. The standard InChI is InChI=1S/C17H21N3O4/c1-13-18-19-17(24-13)15-11-23-10-8-20(15)16(21)12-22-9-7-14-5-3-2-4-6-14/h2-6,15H,7-12H2,1H3/t15-/m1/s1. The molecule has 7 heteroatoms. The predicted octanol–water partition coefficient (Wildman–Crippen LogP) is 1.54. The average Bonchev–Trinajstić information content (AvgIpc) is 3.06. The summed E-state index contributed by atoms with van der Waals surface area (Å²) in [5.74, 6) is 0.791. The molecule has 0 saturated carbocycles. The molecule has 24 heavy (non-hydrogen) atoms. The van der Waals surface area contributed by atoms with E-state index in [1.807, 2.05) is 30.3 Å². The molecule has 1 saturated heterocycles. The average molecular weight is 331 g/mol. The van der Waals surface area contributed by atoms with E-state index in [4.69, 9.17) is 13.9 Å². The smallest absolute Gasteiger partial charge is 0.249 e. The highest BCUT2D eigenvalue weighted by atomic mass is 16.5. The molecule has 7 nitrogen and oxygen atoms in total. The monoisotopic (exact) mass is 331 g/mol. The van der Waals surface area contributed by atoms with Gasteiger partial charge in [-0.1, -0.05) is 30.3 Å². The van der Waals surface area contributed by atoms with Crippen LogP contribution in [0.5, 0.6) is 0 Å². The highest BCUT2D eigenvalue weighted by molar-refractivity contribution is 5.78. The Balaban J connectivity index is 1.51. The number of carbonyl (C=O) groups excluding carboxylic acids is 1. The highest BCUT2D eigenvalue weighted by Gasteiger charge is 2.32. The number of amides is 1. The lowest BCUT2D eigenvalue weighted by Gasteiger charge is -2.33. The summed E-state index contributed by atoms with van der Waals surface area (Å²) >= 11 is 0. The number of aryl methyl sites for hydroxylation is 1. The number of aromatic nitrogens is 2. The lowest BCUT2D eigenvalue weighted by Crippen LogP contribution is -2.45. The molecule has 1 amide bonds. The van der Waals surface area contributed by atoms with Crippen molar-refractivity contribution in [2.75, 3.05) is 33.0 Å². The van der Waals surface area contributed by atoms with Gasteiger partial charge >= 0.3 is 0 Å². The number of carbonyl (C=O) groups is 1. The van der Waals surface area contributed by atoms with Crippen molar-refractivity contribution in [2.24, 2.45) is 0 Å².